The monoisotopic (exact) mass is 376 g/mol. The van der Waals surface area contributed by atoms with Crippen LogP contribution in [0.25, 0.3) is 0 Å². The minimum absolute atomic E-state index is 0.00737. The molecule has 5 fully saturated rings. The third kappa shape index (κ3) is 2.05. The van der Waals surface area contributed by atoms with E-state index < -0.39 is 11.4 Å². The summed E-state index contributed by atoms with van der Waals surface area (Å²) >= 11 is 0. The lowest BCUT2D eigenvalue weighted by Crippen LogP contribution is -2.61. The lowest BCUT2D eigenvalue weighted by atomic mass is 9.40. The van der Waals surface area contributed by atoms with E-state index >= 15 is 0 Å². The van der Waals surface area contributed by atoms with Crippen molar-refractivity contribution in [3.05, 3.63) is 0 Å². The zero-order valence-corrected chi connectivity index (χ0v) is 16.8. The third-order valence-electron chi connectivity index (χ3n) is 9.70. The molecular formula is C22H32O5. The third-order valence-corrected chi connectivity index (χ3v) is 9.70. The second kappa shape index (κ2) is 5.28. The van der Waals surface area contributed by atoms with Gasteiger partial charge in [0.25, 0.3) is 0 Å². The molecule has 4 saturated carbocycles. The van der Waals surface area contributed by atoms with Crippen molar-refractivity contribution in [1.29, 1.82) is 0 Å². The Balaban J connectivity index is 1.58. The smallest absolute Gasteiger partial charge is 0.309 e. The van der Waals surface area contributed by atoms with Gasteiger partial charge in [-0.25, -0.2) is 0 Å². The average molecular weight is 376 g/mol. The van der Waals surface area contributed by atoms with E-state index in [0.717, 1.165) is 58.0 Å². The number of epoxide rings is 1. The van der Waals surface area contributed by atoms with Crippen LogP contribution in [-0.4, -0.2) is 35.4 Å². The van der Waals surface area contributed by atoms with Gasteiger partial charge < -0.3 is 14.6 Å². The average Bonchev–Trinajstić information content (AvgIpc) is 3.37. The van der Waals surface area contributed by atoms with Crippen LogP contribution in [0.4, 0.5) is 0 Å². The SMILES string of the molecule is CC(=O)O[C@@H]1[C@@]23CC[C@H]4[C@@](C)(CCC[C@@]4(C)C(=O)O)[C@@H]2CC[C@H](C3)[C@]12CO2. The van der Waals surface area contributed by atoms with Gasteiger partial charge in [-0.1, -0.05) is 13.3 Å². The van der Waals surface area contributed by atoms with E-state index in [9.17, 15) is 14.7 Å². The maximum Gasteiger partial charge on any atom is 0.309 e. The minimum Gasteiger partial charge on any atom is -0.481 e. The van der Waals surface area contributed by atoms with Crippen molar-refractivity contribution in [3.63, 3.8) is 0 Å². The molecular weight excluding hydrogens is 344 g/mol. The Morgan fingerprint density at radius 1 is 1.07 bits per heavy atom. The maximum absolute atomic E-state index is 12.2. The molecule has 0 aromatic heterocycles. The topological polar surface area (TPSA) is 76.1 Å². The van der Waals surface area contributed by atoms with Gasteiger partial charge in [0.05, 0.1) is 12.0 Å². The molecule has 5 aliphatic rings. The van der Waals surface area contributed by atoms with Gasteiger partial charge in [-0.15, -0.1) is 0 Å². The first-order valence-electron chi connectivity index (χ1n) is 10.7. The Morgan fingerprint density at radius 2 is 1.81 bits per heavy atom. The number of fused-ring (bicyclic) bond motifs is 4. The van der Waals surface area contributed by atoms with Crippen LogP contribution in [0.2, 0.25) is 0 Å². The van der Waals surface area contributed by atoms with Crippen LogP contribution in [0.1, 0.15) is 72.1 Å². The van der Waals surface area contributed by atoms with Gasteiger partial charge in [-0.2, -0.15) is 0 Å². The number of carboxylic acids is 1. The molecule has 2 bridgehead atoms. The van der Waals surface area contributed by atoms with Crippen molar-refractivity contribution in [2.45, 2.75) is 83.8 Å². The summed E-state index contributed by atoms with van der Waals surface area (Å²) in [5.74, 6) is 0.285. The van der Waals surface area contributed by atoms with Gasteiger partial charge in [0.15, 0.2) is 0 Å². The molecule has 4 aliphatic carbocycles. The Kier molecular flexibility index (Phi) is 3.51. The van der Waals surface area contributed by atoms with Crippen molar-refractivity contribution >= 4 is 11.9 Å². The fourth-order valence-electron chi connectivity index (χ4n) is 8.66. The summed E-state index contributed by atoms with van der Waals surface area (Å²) in [5, 5.41) is 10.1. The van der Waals surface area contributed by atoms with Crippen LogP contribution in [0, 0.1) is 34.0 Å². The summed E-state index contributed by atoms with van der Waals surface area (Å²) in [6.45, 7) is 6.56. The van der Waals surface area contributed by atoms with E-state index in [1.54, 1.807) is 0 Å². The first-order valence-corrected chi connectivity index (χ1v) is 10.7. The van der Waals surface area contributed by atoms with Crippen molar-refractivity contribution in [1.82, 2.24) is 0 Å². The highest BCUT2D eigenvalue weighted by Crippen LogP contribution is 2.75. The summed E-state index contributed by atoms with van der Waals surface area (Å²) in [7, 11) is 0. The van der Waals surface area contributed by atoms with Crippen LogP contribution in [0.5, 0.6) is 0 Å². The number of ether oxygens (including phenoxy) is 2. The van der Waals surface area contributed by atoms with E-state index in [4.69, 9.17) is 9.47 Å². The molecule has 2 spiro atoms. The molecule has 1 heterocycles. The maximum atomic E-state index is 12.2. The molecule has 0 aromatic carbocycles. The van der Waals surface area contributed by atoms with E-state index in [1.807, 2.05) is 6.92 Å². The summed E-state index contributed by atoms with van der Waals surface area (Å²) in [6, 6.07) is 0. The van der Waals surface area contributed by atoms with E-state index in [0.29, 0.717) is 11.8 Å². The molecule has 1 N–H and O–H groups in total. The van der Waals surface area contributed by atoms with Gasteiger partial charge in [0.1, 0.15) is 11.7 Å². The fraction of sp³-hybridized carbons (Fsp3) is 0.909. The van der Waals surface area contributed by atoms with Gasteiger partial charge in [0.2, 0.25) is 0 Å². The summed E-state index contributed by atoms with van der Waals surface area (Å²) in [6.07, 6.45) is 7.94. The van der Waals surface area contributed by atoms with Gasteiger partial charge >= 0.3 is 11.9 Å². The highest BCUT2D eigenvalue weighted by atomic mass is 16.6. The zero-order valence-electron chi connectivity index (χ0n) is 16.8. The van der Waals surface area contributed by atoms with E-state index in [2.05, 4.69) is 6.92 Å². The highest BCUT2D eigenvalue weighted by molar-refractivity contribution is 5.75. The van der Waals surface area contributed by atoms with Gasteiger partial charge in [-0.3, -0.25) is 9.59 Å². The molecule has 8 atom stereocenters. The number of rotatable bonds is 2. The molecule has 1 saturated heterocycles. The largest absolute Gasteiger partial charge is 0.481 e. The summed E-state index contributed by atoms with van der Waals surface area (Å²) in [5.41, 5.74) is -0.885. The van der Waals surface area contributed by atoms with Crippen molar-refractivity contribution < 1.29 is 24.2 Å². The lowest BCUT2D eigenvalue weighted by molar-refractivity contribution is -0.199. The van der Waals surface area contributed by atoms with Crippen molar-refractivity contribution in [2.24, 2.45) is 34.0 Å². The molecule has 0 aromatic rings. The zero-order chi connectivity index (χ0) is 19.2. The Morgan fingerprint density at radius 3 is 2.44 bits per heavy atom. The Bertz CT molecular complexity index is 699. The standard InChI is InChI=1S/C22H32O5/c1-13(23)27-17-21-10-7-15-19(2,8-4-9-20(15,3)18(24)25)16(21)6-5-14(11-21)22(17)12-26-22/h14-17H,4-12H2,1-3H3,(H,24,25)/t14-,15+,16+,17-,19-,20-,21-,22-/m1/s1. The molecule has 5 heteroatoms. The molecule has 27 heavy (non-hydrogen) atoms. The first-order chi connectivity index (χ1) is 12.7. The van der Waals surface area contributed by atoms with Crippen LogP contribution in [-0.2, 0) is 19.1 Å². The number of carbonyl (C=O) groups excluding carboxylic acids is 1. The minimum atomic E-state index is -0.631. The second-order valence-electron chi connectivity index (χ2n) is 10.7. The summed E-state index contributed by atoms with van der Waals surface area (Å²) in [4.78, 5) is 24.2. The summed E-state index contributed by atoms with van der Waals surface area (Å²) < 4.78 is 12.0. The molecule has 1 aliphatic heterocycles. The van der Waals surface area contributed by atoms with Crippen LogP contribution in [0.3, 0.4) is 0 Å². The van der Waals surface area contributed by atoms with E-state index in [-0.39, 0.29) is 34.4 Å². The van der Waals surface area contributed by atoms with Gasteiger partial charge in [0, 0.05) is 12.3 Å². The molecule has 5 rings (SSSR count). The molecule has 0 radical (unpaired) electrons. The first kappa shape index (κ1) is 18.0. The Labute approximate surface area is 161 Å². The van der Waals surface area contributed by atoms with Gasteiger partial charge in [-0.05, 0) is 75.0 Å². The van der Waals surface area contributed by atoms with Crippen molar-refractivity contribution in [2.75, 3.05) is 6.61 Å². The van der Waals surface area contributed by atoms with Crippen LogP contribution < -0.4 is 0 Å². The fourth-order valence-corrected chi connectivity index (χ4v) is 8.66. The number of aliphatic carboxylic acids is 1. The normalized spacial score (nSPS) is 55.5. The predicted molar refractivity (Wildman–Crippen MR) is 97.9 cm³/mol. The number of hydrogen-bond donors (Lipinski definition) is 1. The number of esters is 1. The number of hydrogen-bond acceptors (Lipinski definition) is 4. The number of carbonyl (C=O) groups is 2. The number of carboxylic acid groups (broad SMARTS) is 1. The molecule has 0 amide bonds. The van der Waals surface area contributed by atoms with Crippen LogP contribution in [0.15, 0.2) is 0 Å². The quantitative estimate of drug-likeness (QED) is 0.586. The van der Waals surface area contributed by atoms with Crippen LogP contribution >= 0.6 is 0 Å². The predicted octanol–water partition coefficient (Wildman–Crippen LogP) is 3.79. The highest BCUT2D eigenvalue weighted by Gasteiger charge is 2.78. The van der Waals surface area contributed by atoms with E-state index in [1.165, 1.54) is 6.92 Å². The van der Waals surface area contributed by atoms with Crippen molar-refractivity contribution in [3.8, 4) is 0 Å². The lowest BCUT2D eigenvalue weighted by Gasteiger charge is -2.63. The Hall–Kier alpha value is -1.10. The molecule has 5 nitrogen and oxygen atoms in total. The molecule has 150 valence electrons. The second-order valence-corrected chi connectivity index (χ2v) is 10.7. The molecule has 0 unspecified atom stereocenters.